The van der Waals surface area contributed by atoms with Gasteiger partial charge in [-0.25, -0.2) is 9.97 Å². The third-order valence-corrected chi connectivity index (χ3v) is 5.28. The number of carbonyl (C=O) groups excluding carboxylic acids is 1. The molecule has 8 heteroatoms. The second-order valence-electron chi connectivity index (χ2n) is 7.52. The number of carbonyl (C=O) groups is 1. The van der Waals surface area contributed by atoms with Crippen LogP contribution in [0.2, 0.25) is 0 Å². The highest BCUT2D eigenvalue weighted by molar-refractivity contribution is 6.04. The van der Waals surface area contributed by atoms with Gasteiger partial charge in [0.1, 0.15) is 12.1 Å². The van der Waals surface area contributed by atoms with E-state index in [9.17, 15) is 4.79 Å². The number of pyridine rings is 1. The number of nitrogens with zero attached hydrogens (tertiary/aromatic N) is 5. The van der Waals surface area contributed by atoms with Gasteiger partial charge in [0.05, 0.1) is 17.1 Å². The molecule has 1 atom stereocenters. The number of imidazole rings is 1. The Morgan fingerprint density at radius 3 is 2.58 bits per heavy atom. The van der Waals surface area contributed by atoms with Crippen molar-refractivity contribution >= 4 is 28.6 Å². The third kappa shape index (κ3) is 4.40. The Balaban J connectivity index is 1.37. The summed E-state index contributed by atoms with van der Waals surface area (Å²) in [5.41, 5.74) is 3.98. The highest BCUT2D eigenvalue weighted by Gasteiger charge is 2.11. The fourth-order valence-corrected chi connectivity index (χ4v) is 3.55. The van der Waals surface area contributed by atoms with Crippen molar-refractivity contribution < 1.29 is 4.79 Å². The largest absolute Gasteiger partial charge is 0.348 e. The summed E-state index contributed by atoms with van der Waals surface area (Å²) in [4.78, 5) is 29.9. The van der Waals surface area contributed by atoms with Gasteiger partial charge in [-0.3, -0.25) is 14.3 Å². The normalized spacial score (nSPS) is 11.8. The van der Waals surface area contributed by atoms with E-state index in [1.165, 1.54) is 0 Å². The van der Waals surface area contributed by atoms with E-state index in [4.69, 9.17) is 0 Å². The van der Waals surface area contributed by atoms with Crippen LogP contribution in [0.5, 0.6) is 0 Å². The zero-order valence-electron chi connectivity index (χ0n) is 17.9. The van der Waals surface area contributed by atoms with Gasteiger partial charge in [0, 0.05) is 29.8 Å². The Labute approximate surface area is 190 Å². The van der Waals surface area contributed by atoms with Crippen LogP contribution in [0.1, 0.15) is 28.9 Å². The maximum atomic E-state index is 12.4. The SMILES string of the molecule is CC(Nc1nccc(-n2cnc3cc(NC(=O)c4ccncc4)ccc32)n1)c1ccccc1. The van der Waals surface area contributed by atoms with E-state index in [1.807, 2.05) is 47.0 Å². The Kier molecular flexibility index (Phi) is 5.47. The lowest BCUT2D eigenvalue weighted by molar-refractivity contribution is 0.102. The number of anilines is 2. The van der Waals surface area contributed by atoms with E-state index in [0.29, 0.717) is 23.0 Å². The van der Waals surface area contributed by atoms with Gasteiger partial charge in [0.2, 0.25) is 5.95 Å². The number of aromatic nitrogens is 5. The summed E-state index contributed by atoms with van der Waals surface area (Å²) in [5, 5.41) is 6.24. The molecule has 0 spiro atoms. The molecular weight excluding hydrogens is 414 g/mol. The average molecular weight is 435 g/mol. The molecule has 162 valence electrons. The van der Waals surface area contributed by atoms with Crippen LogP contribution in [0.15, 0.2) is 91.6 Å². The molecule has 2 N–H and O–H groups in total. The summed E-state index contributed by atoms with van der Waals surface area (Å²) in [6, 6.07) is 21.0. The van der Waals surface area contributed by atoms with Gasteiger partial charge in [0.15, 0.2) is 0 Å². The molecule has 0 fully saturated rings. The molecule has 0 saturated heterocycles. The number of hydrogen-bond donors (Lipinski definition) is 2. The van der Waals surface area contributed by atoms with Crippen molar-refractivity contribution in [3.63, 3.8) is 0 Å². The molecule has 5 rings (SSSR count). The standard InChI is InChI=1S/C25H21N7O/c1-17(18-5-3-2-4-6-18)29-25-27-14-11-23(31-25)32-16-28-21-15-20(7-8-22(21)32)30-24(33)19-9-12-26-13-10-19/h2-17H,1H3,(H,30,33)(H,27,29,31). The Morgan fingerprint density at radius 2 is 1.76 bits per heavy atom. The molecule has 33 heavy (non-hydrogen) atoms. The van der Waals surface area contributed by atoms with Crippen molar-refractivity contribution in [2.75, 3.05) is 10.6 Å². The van der Waals surface area contributed by atoms with E-state index < -0.39 is 0 Å². The fraction of sp³-hybridized carbons (Fsp3) is 0.0800. The van der Waals surface area contributed by atoms with Gasteiger partial charge in [-0.15, -0.1) is 0 Å². The van der Waals surface area contributed by atoms with Crippen molar-refractivity contribution in [1.29, 1.82) is 0 Å². The Hall–Kier alpha value is -4.59. The number of hydrogen-bond acceptors (Lipinski definition) is 6. The van der Waals surface area contributed by atoms with Gasteiger partial charge < -0.3 is 10.6 Å². The minimum atomic E-state index is -0.199. The molecule has 1 unspecified atom stereocenters. The van der Waals surface area contributed by atoms with E-state index in [0.717, 1.165) is 16.6 Å². The van der Waals surface area contributed by atoms with E-state index in [2.05, 4.69) is 49.6 Å². The minimum absolute atomic E-state index is 0.0625. The first-order valence-electron chi connectivity index (χ1n) is 10.5. The summed E-state index contributed by atoms with van der Waals surface area (Å²) in [7, 11) is 0. The molecule has 0 aliphatic rings. The number of rotatable bonds is 6. The smallest absolute Gasteiger partial charge is 0.255 e. The second kappa shape index (κ2) is 8.88. The van der Waals surface area contributed by atoms with Gasteiger partial charge in [-0.1, -0.05) is 30.3 Å². The van der Waals surface area contributed by atoms with Crippen molar-refractivity contribution in [3.8, 4) is 5.82 Å². The highest BCUT2D eigenvalue weighted by atomic mass is 16.1. The number of amides is 1. The Morgan fingerprint density at radius 1 is 0.939 bits per heavy atom. The van der Waals surface area contributed by atoms with Crippen LogP contribution in [-0.2, 0) is 0 Å². The second-order valence-corrected chi connectivity index (χ2v) is 7.52. The van der Waals surface area contributed by atoms with E-state index >= 15 is 0 Å². The quantitative estimate of drug-likeness (QED) is 0.403. The van der Waals surface area contributed by atoms with Crippen molar-refractivity contribution in [1.82, 2.24) is 24.5 Å². The summed E-state index contributed by atoms with van der Waals surface area (Å²) in [6.07, 6.45) is 6.61. The molecule has 0 saturated carbocycles. The van der Waals surface area contributed by atoms with Crippen LogP contribution >= 0.6 is 0 Å². The van der Waals surface area contributed by atoms with Crippen LogP contribution in [0.4, 0.5) is 11.6 Å². The molecule has 2 aromatic carbocycles. The topological polar surface area (TPSA) is 97.6 Å². The van der Waals surface area contributed by atoms with Crippen LogP contribution in [0, 0.1) is 0 Å². The number of fused-ring (bicyclic) bond motifs is 1. The first-order valence-corrected chi connectivity index (χ1v) is 10.5. The predicted octanol–water partition coefficient (Wildman–Crippen LogP) is 4.64. The molecule has 3 aromatic heterocycles. The first-order chi connectivity index (χ1) is 16.2. The summed E-state index contributed by atoms with van der Waals surface area (Å²) >= 11 is 0. The van der Waals surface area contributed by atoms with E-state index in [1.54, 1.807) is 37.1 Å². The van der Waals surface area contributed by atoms with Crippen LogP contribution in [0.25, 0.3) is 16.9 Å². The van der Waals surface area contributed by atoms with Crippen molar-refractivity contribution in [2.45, 2.75) is 13.0 Å². The number of benzene rings is 2. The molecule has 5 aromatic rings. The molecule has 3 heterocycles. The monoisotopic (exact) mass is 435 g/mol. The molecule has 0 radical (unpaired) electrons. The lowest BCUT2D eigenvalue weighted by atomic mass is 10.1. The molecule has 0 aliphatic heterocycles. The van der Waals surface area contributed by atoms with Crippen LogP contribution in [-0.4, -0.2) is 30.4 Å². The maximum Gasteiger partial charge on any atom is 0.255 e. The van der Waals surface area contributed by atoms with Gasteiger partial charge >= 0.3 is 0 Å². The molecule has 0 aliphatic carbocycles. The van der Waals surface area contributed by atoms with Gasteiger partial charge in [-0.05, 0) is 48.9 Å². The molecule has 0 bridgehead atoms. The first kappa shape index (κ1) is 20.3. The molecule has 1 amide bonds. The van der Waals surface area contributed by atoms with Crippen molar-refractivity contribution in [3.05, 3.63) is 103 Å². The lowest BCUT2D eigenvalue weighted by Gasteiger charge is -2.14. The van der Waals surface area contributed by atoms with Gasteiger partial charge in [0.25, 0.3) is 5.91 Å². The average Bonchev–Trinajstić information content (AvgIpc) is 3.28. The zero-order chi connectivity index (χ0) is 22.6. The molecular formula is C25H21N7O. The maximum absolute atomic E-state index is 12.4. The fourth-order valence-electron chi connectivity index (χ4n) is 3.55. The number of nitrogens with one attached hydrogen (secondary N) is 2. The minimum Gasteiger partial charge on any atom is -0.348 e. The summed E-state index contributed by atoms with van der Waals surface area (Å²) < 4.78 is 1.89. The summed E-state index contributed by atoms with van der Waals surface area (Å²) in [6.45, 7) is 2.07. The predicted molar refractivity (Wildman–Crippen MR) is 127 cm³/mol. The zero-order valence-corrected chi connectivity index (χ0v) is 17.9. The molecule has 8 nitrogen and oxygen atoms in total. The summed E-state index contributed by atoms with van der Waals surface area (Å²) in [5.74, 6) is 1.03. The Bertz CT molecular complexity index is 1400. The highest BCUT2D eigenvalue weighted by Crippen LogP contribution is 2.22. The van der Waals surface area contributed by atoms with Gasteiger partial charge in [-0.2, -0.15) is 4.98 Å². The van der Waals surface area contributed by atoms with Crippen LogP contribution < -0.4 is 10.6 Å². The van der Waals surface area contributed by atoms with Crippen molar-refractivity contribution in [2.24, 2.45) is 0 Å². The van der Waals surface area contributed by atoms with E-state index in [-0.39, 0.29) is 11.9 Å². The van der Waals surface area contributed by atoms with Crippen LogP contribution in [0.3, 0.4) is 0 Å². The third-order valence-electron chi connectivity index (χ3n) is 5.28. The lowest BCUT2D eigenvalue weighted by Crippen LogP contribution is -2.11.